The van der Waals surface area contributed by atoms with E-state index in [0.29, 0.717) is 61.8 Å². The van der Waals surface area contributed by atoms with Crippen molar-refractivity contribution in [3.8, 4) is 0 Å². The average molecular weight is 1080 g/mol. The van der Waals surface area contributed by atoms with Crippen molar-refractivity contribution in [2.24, 2.45) is 16.2 Å². The highest BCUT2D eigenvalue weighted by atomic mass is 32.2. The number of allylic oxidation sites excluding steroid dienone is 6. The van der Waals surface area contributed by atoms with Crippen molar-refractivity contribution in [2.45, 2.75) is 164 Å². The molecule has 1 aliphatic heterocycles. The predicted octanol–water partition coefficient (Wildman–Crippen LogP) is 10.3. The summed E-state index contributed by atoms with van der Waals surface area (Å²) in [5.41, 5.74) is 15.3. The van der Waals surface area contributed by atoms with Crippen LogP contribution in [0, 0.1) is 16.2 Å². The summed E-state index contributed by atoms with van der Waals surface area (Å²) in [6.45, 7) is 4.21. The second kappa shape index (κ2) is 20.9. The van der Waals surface area contributed by atoms with Crippen LogP contribution in [0.5, 0.6) is 0 Å². The highest BCUT2D eigenvalue weighted by molar-refractivity contribution is 7.98. The number of thioether (sulfide) groups is 1. The van der Waals surface area contributed by atoms with Crippen molar-refractivity contribution in [3.05, 3.63) is 87.4 Å². The van der Waals surface area contributed by atoms with Crippen molar-refractivity contribution in [1.29, 1.82) is 0 Å². The number of anilines is 3. The van der Waals surface area contributed by atoms with Crippen LogP contribution in [0.15, 0.2) is 64.0 Å². The molecule has 9 aliphatic carbocycles. The summed E-state index contributed by atoms with van der Waals surface area (Å²) in [5, 5.41) is 4.07. The molecule has 17 heteroatoms. The lowest BCUT2D eigenvalue weighted by molar-refractivity contribution is -0.121. The summed E-state index contributed by atoms with van der Waals surface area (Å²) in [5.74, 6) is 2.49. The molecule has 4 aromatic rings. The number of Topliss-reactive ketones (excluding diaryl/α,β-unsaturated/α-hetero) is 3. The van der Waals surface area contributed by atoms with Crippen LogP contribution in [-0.4, -0.2) is 111 Å². The standard InChI is InChI=1S/C26H32N6O.C17H20N2O3S.C17H20N2OS/c1-31-9-11-32(12-10-31)20-5-6-22(27-17-20)29-25-28-16-19-13-18-14-21(33)15-26(7-3-2-4-8-26)23(18)24(19)30-25;1-23(21,22)16-18-10-12-7-11-8-13(20)9-17(5-3-2-4-6-17)14(11)15(12)19-16;1-21-16-18-10-12-7-11-8-13(20)9-17(5-3-2-4-6-17)14(11)15(12)19-16/h5-6,16-17H,2-4,7-15H2,1H3,(H,27,28,29,30);10H,2-9H2,1H3;10H,2-9H2,1H3. The molecule has 1 saturated heterocycles. The van der Waals surface area contributed by atoms with Crippen LogP contribution in [0.4, 0.5) is 17.5 Å². The number of sulfone groups is 1. The molecular formula is C60H72N10O5S2. The van der Waals surface area contributed by atoms with Gasteiger partial charge in [0.25, 0.3) is 0 Å². The fourth-order valence-electron chi connectivity index (χ4n) is 15.4. The molecule has 10 aliphatic rings. The van der Waals surface area contributed by atoms with Crippen LogP contribution in [0.2, 0.25) is 0 Å². The van der Waals surface area contributed by atoms with Crippen LogP contribution in [0.25, 0.3) is 16.7 Å². The monoisotopic (exact) mass is 1080 g/mol. The summed E-state index contributed by atoms with van der Waals surface area (Å²) in [7, 11) is -1.26. The van der Waals surface area contributed by atoms with Crippen LogP contribution in [0.3, 0.4) is 0 Å². The first-order valence-corrected chi connectivity index (χ1v) is 31.5. The Morgan fingerprint density at radius 2 is 0.987 bits per heavy atom. The first kappa shape index (κ1) is 52.2. The van der Waals surface area contributed by atoms with E-state index in [4.69, 9.17) is 9.97 Å². The molecule has 0 amide bonds. The zero-order valence-corrected chi connectivity index (χ0v) is 46.8. The van der Waals surface area contributed by atoms with Crippen molar-refractivity contribution in [1.82, 2.24) is 39.8 Å². The number of carbonyl (C=O) groups is 3. The van der Waals surface area contributed by atoms with Gasteiger partial charge in [-0.3, -0.25) is 14.4 Å². The molecule has 5 heterocycles. The van der Waals surface area contributed by atoms with Gasteiger partial charge in [0, 0.05) is 122 Å². The highest BCUT2D eigenvalue weighted by Gasteiger charge is 2.49. The van der Waals surface area contributed by atoms with E-state index in [1.54, 1.807) is 18.0 Å². The number of rotatable bonds is 5. The number of likely N-dealkylation sites (N-methyl/N-ethyl adjacent to an activating group) is 1. The summed E-state index contributed by atoms with van der Waals surface area (Å²) >= 11 is 1.60. The molecule has 14 rings (SSSR count). The van der Waals surface area contributed by atoms with E-state index in [0.717, 1.165) is 142 Å². The molecule has 0 atom stereocenters. The Hall–Kier alpha value is -5.52. The zero-order chi connectivity index (χ0) is 53.1. The van der Waals surface area contributed by atoms with Gasteiger partial charge in [-0.2, -0.15) is 0 Å². The topological polar surface area (TPSA) is 194 Å². The number of pyridine rings is 1. The molecule has 15 nitrogen and oxygen atoms in total. The fourth-order valence-corrected chi connectivity index (χ4v) is 16.3. The maximum absolute atomic E-state index is 12.6. The van der Waals surface area contributed by atoms with Gasteiger partial charge < -0.3 is 15.1 Å². The second-order valence-electron chi connectivity index (χ2n) is 24.1. The van der Waals surface area contributed by atoms with E-state index in [1.807, 2.05) is 30.9 Å². The van der Waals surface area contributed by atoms with Crippen molar-refractivity contribution in [2.75, 3.05) is 56.0 Å². The number of nitrogens with one attached hydrogen (secondary N) is 1. The Balaban J connectivity index is 0.000000120. The number of aromatic nitrogens is 7. The average Bonchev–Trinajstić information content (AvgIpc) is 4.13. The Morgan fingerprint density at radius 1 is 0.532 bits per heavy atom. The van der Waals surface area contributed by atoms with Crippen LogP contribution < -0.4 is 10.2 Å². The molecule has 404 valence electrons. The third-order valence-electron chi connectivity index (χ3n) is 18.8. The minimum absolute atomic E-state index is 0.00218. The van der Waals surface area contributed by atoms with Gasteiger partial charge in [-0.25, -0.2) is 43.3 Å². The zero-order valence-electron chi connectivity index (χ0n) is 45.1. The maximum atomic E-state index is 12.6. The summed E-state index contributed by atoms with van der Waals surface area (Å²) in [6, 6.07) is 4.13. The number of carbonyl (C=O) groups excluding carboxylic acids is 3. The third-order valence-corrected chi connectivity index (χ3v) is 20.2. The minimum Gasteiger partial charge on any atom is -0.368 e. The maximum Gasteiger partial charge on any atom is 0.247 e. The highest BCUT2D eigenvalue weighted by Crippen LogP contribution is 2.59. The van der Waals surface area contributed by atoms with Crippen molar-refractivity contribution >= 4 is 73.1 Å². The van der Waals surface area contributed by atoms with Crippen LogP contribution in [-0.2, 0) is 43.5 Å². The van der Waals surface area contributed by atoms with E-state index in [9.17, 15) is 22.8 Å². The SMILES string of the molecule is CN1CCN(c2ccc(Nc3ncc4c(n3)C3=C(CC(=O)CC35CCCCC5)C4)nc2)CC1.CS(=O)(=O)c1ncc2c(n1)C1=C(CC(=O)CC13CCCCC3)C2.CSc1ncc2c(n1)C1=C(CC(=O)CC13CCCCC3)C2. The Labute approximate surface area is 457 Å². The molecule has 0 aromatic carbocycles. The third kappa shape index (κ3) is 10.1. The Kier molecular flexibility index (Phi) is 14.2. The van der Waals surface area contributed by atoms with E-state index >= 15 is 0 Å². The number of piperazine rings is 1. The fraction of sp³-hybridized carbons (Fsp3) is 0.567. The molecule has 0 unspecified atom stereocenters. The lowest BCUT2D eigenvalue weighted by atomic mass is 9.62. The minimum atomic E-state index is -3.43. The van der Waals surface area contributed by atoms with Crippen molar-refractivity contribution in [3.63, 3.8) is 0 Å². The van der Waals surface area contributed by atoms with Crippen LogP contribution in [0.1, 0.15) is 169 Å². The molecule has 4 fully saturated rings. The summed E-state index contributed by atoms with van der Waals surface area (Å²) < 4.78 is 23.6. The number of fused-ring (bicyclic) bond motifs is 9. The van der Waals surface area contributed by atoms with E-state index in [-0.39, 0.29) is 21.4 Å². The molecule has 3 spiro atoms. The molecule has 1 N–H and O–H groups in total. The molecule has 77 heavy (non-hydrogen) atoms. The van der Waals surface area contributed by atoms with Gasteiger partial charge in [0.05, 0.1) is 29.0 Å². The second-order valence-corrected chi connectivity index (χ2v) is 26.8. The number of nitrogens with zero attached hydrogens (tertiary/aromatic N) is 9. The summed E-state index contributed by atoms with van der Waals surface area (Å²) in [6.07, 6.45) is 34.3. The smallest absolute Gasteiger partial charge is 0.247 e. The van der Waals surface area contributed by atoms with Gasteiger partial charge >= 0.3 is 0 Å². The first-order chi connectivity index (χ1) is 37.2. The Bertz CT molecular complexity index is 3250. The molecule has 4 aromatic heterocycles. The molecule has 0 radical (unpaired) electrons. The van der Waals surface area contributed by atoms with Gasteiger partial charge in [0.2, 0.25) is 20.9 Å². The van der Waals surface area contributed by atoms with Crippen LogP contribution >= 0.6 is 11.8 Å². The number of hydrogen-bond donors (Lipinski definition) is 1. The quantitative estimate of drug-likeness (QED) is 0.146. The van der Waals surface area contributed by atoms with E-state index < -0.39 is 9.84 Å². The molecular weight excluding hydrogens is 1000 g/mol. The van der Waals surface area contributed by atoms with Gasteiger partial charge in [-0.05, 0) is 99.9 Å². The predicted molar refractivity (Wildman–Crippen MR) is 299 cm³/mol. The van der Waals surface area contributed by atoms with Gasteiger partial charge in [-0.1, -0.05) is 86.3 Å². The molecule has 3 saturated carbocycles. The largest absolute Gasteiger partial charge is 0.368 e. The Morgan fingerprint density at radius 3 is 1.44 bits per heavy atom. The normalized spacial score (nSPS) is 22.9. The lowest BCUT2D eigenvalue weighted by Gasteiger charge is -2.41. The number of hydrogen-bond acceptors (Lipinski definition) is 16. The van der Waals surface area contributed by atoms with E-state index in [1.165, 1.54) is 89.6 Å². The van der Waals surface area contributed by atoms with Gasteiger partial charge in [0.15, 0.2) is 5.16 Å². The van der Waals surface area contributed by atoms with E-state index in [2.05, 4.69) is 53.2 Å². The van der Waals surface area contributed by atoms with Gasteiger partial charge in [0.1, 0.15) is 23.2 Å². The van der Waals surface area contributed by atoms with Gasteiger partial charge in [-0.15, -0.1) is 0 Å². The first-order valence-electron chi connectivity index (χ1n) is 28.4. The number of ketones is 3. The lowest BCUT2D eigenvalue weighted by Crippen LogP contribution is -2.44. The summed E-state index contributed by atoms with van der Waals surface area (Å²) in [4.78, 5) is 73.8. The van der Waals surface area contributed by atoms with Crippen molar-refractivity contribution < 1.29 is 22.8 Å². The molecule has 0 bridgehead atoms.